The Morgan fingerprint density at radius 1 is 1.25 bits per heavy atom. The molecule has 0 unspecified atom stereocenters. The summed E-state index contributed by atoms with van der Waals surface area (Å²) < 4.78 is 41.8. The van der Waals surface area contributed by atoms with Gasteiger partial charge in [0.25, 0.3) is 0 Å². The fourth-order valence-electron chi connectivity index (χ4n) is 3.54. The van der Waals surface area contributed by atoms with Gasteiger partial charge in [-0.2, -0.15) is 0 Å². The monoisotopic (exact) mass is 405 g/mol. The minimum Gasteiger partial charge on any atom is -0.295 e. The van der Waals surface area contributed by atoms with Gasteiger partial charge in [-0.15, -0.1) is 11.3 Å². The zero-order valence-corrected chi connectivity index (χ0v) is 15.7. The molecule has 2 atom stereocenters. The molecular formula is C19H14F3N3O2S. The van der Waals surface area contributed by atoms with Crippen LogP contribution in [0.1, 0.15) is 36.9 Å². The van der Waals surface area contributed by atoms with Crippen molar-refractivity contribution in [3.8, 4) is 0 Å². The second-order valence-corrected chi connectivity index (χ2v) is 7.55. The summed E-state index contributed by atoms with van der Waals surface area (Å²) in [6, 6.07) is 0.667. The first-order chi connectivity index (χ1) is 13.3. The van der Waals surface area contributed by atoms with E-state index in [2.05, 4.69) is 9.98 Å². The number of fused-ring (bicyclic) bond motifs is 1. The number of carbonyl (C=O) groups excluding carboxylic acids is 2. The molecule has 3 heterocycles. The Balaban J connectivity index is 1.99. The standard InChI is InChI=1S/C19H14F3N3O2S/c1-8-7-12-13(9(2)26)16(10-3-4-11(20)15(22)14(10)21)24-17(25(12)19(8)27)18-23-5-6-28-18/h3-6,8,16H,7H2,1-2H3/t8-,16+/m0/s1. The van der Waals surface area contributed by atoms with E-state index >= 15 is 0 Å². The second-order valence-electron chi connectivity index (χ2n) is 6.65. The SMILES string of the molecule is CC(=O)C1=C2C[C@H](C)C(=O)N2C(c2nccs2)=N[C@@H]1c1ccc(F)c(F)c1F. The van der Waals surface area contributed by atoms with E-state index in [1.165, 1.54) is 29.4 Å². The van der Waals surface area contributed by atoms with Crippen LogP contribution < -0.4 is 0 Å². The number of hydrogen-bond donors (Lipinski definition) is 0. The molecule has 0 radical (unpaired) electrons. The summed E-state index contributed by atoms with van der Waals surface area (Å²) in [5.74, 6) is -5.25. The molecule has 0 aliphatic carbocycles. The van der Waals surface area contributed by atoms with Crippen LogP contribution in [-0.4, -0.2) is 27.4 Å². The molecule has 2 aromatic rings. The van der Waals surface area contributed by atoms with Gasteiger partial charge in [0, 0.05) is 40.7 Å². The highest BCUT2D eigenvalue weighted by molar-refractivity contribution is 7.11. The smallest absolute Gasteiger partial charge is 0.235 e. The number of thiazole rings is 1. The van der Waals surface area contributed by atoms with E-state index in [1.54, 1.807) is 12.3 Å². The van der Waals surface area contributed by atoms with Crippen molar-refractivity contribution < 1.29 is 22.8 Å². The van der Waals surface area contributed by atoms with Crippen LogP contribution in [-0.2, 0) is 9.59 Å². The Morgan fingerprint density at radius 2 is 2.00 bits per heavy atom. The van der Waals surface area contributed by atoms with Crippen molar-refractivity contribution in [1.29, 1.82) is 0 Å². The Morgan fingerprint density at radius 3 is 2.64 bits per heavy atom. The van der Waals surface area contributed by atoms with Gasteiger partial charge in [0.15, 0.2) is 34.1 Å². The fourth-order valence-corrected chi connectivity index (χ4v) is 4.17. The molecular weight excluding hydrogens is 391 g/mol. The lowest BCUT2D eigenvalue weighted by molar-refractivity contribution is -0.126. The zero-order chi connectivity index (χ0) is 20.2. The number of Topliss-reactive ketones (excluding diaryl/α,β-unsaturated/α-hetero) is 1. The van der Waals surface area contributed by atoms with E-state index in [1.807, 2.05) is 0 Å². The molecule has 1 fully saturated rings. The van der Waals surface area contributed by atoms with Gasteiger partial charge < -0.3 is 0 Å². The third-order valence-corrected chi connectivity index (χ3v) is 5.59. The van der Waals surface area contributed by atoms with Gasteiger partial charge in [-0.1, -0.05) is 13.0 Å². The molecule has 5 nitrogen and oxygen atoms in total. The number of aromatic nitrogens is 1. The largest absolute Gasteiger partial charge is 0.295 e. The number of nitrogens with zero attached hydrogens (tertiary/aromatic N) is 3. The minimum absolute atomic E-state index is 0.0999. The highest BCUT2D eigenvalue weighted by atomic mass is 32.1. The lowest BCUT2D eigenvalue weighted by atomic mass is 9.91. The molecule has 2 aliphatic heterocycles. The van der Waals surface area contributed by atoms with Gasteiger partial charge in [-0.25, -0.2) is 18.2 Å². The quantitative estimate of drug-likeness (QED) is 0.731. The highest BCUT2D eigenvalue weighted by Crippen LogP contribution is 2.43. The van der Waals surface area contributed by atoms with Gasteiger partial charge in [-0.05, 0) is 13.0 Å². The predicted octanol–water partition coefficient (Wildman–Crippen LogP) is 3.77. The molecule has 1 amide bonds. The van der Waals surface area contributed by atoms with E-state index in [0.29, 0.717) is 10.7 Å². The van der Waals surface area contributed by atoms with Gasteiger partial charge in [0.2, 0.25) is 5.91 Å². The average Bonchev–Trinajstić information content (AvgIpc) is 3.28. The topological polar surface area (TPSA) is 62.6 Å². The number of allylic oxidation sites excluding steroid dienone is 1. The molecule has 0 N–H and O–H groups in total. The van der Waals surface area contributed by atoms with E-state index in [9.17, 15) is 22.8 Å². The van der Waals surface area contributed by atoms with E-state index in [4.69, 9.17) is 0 Å². The second kappa shape index (κ2) is 6.66. The van der Waals surface area contributed by atoms with E-state index in [0.717, 1.165) is 12.1 Å². The third kappa shape index (κ3) is 2.69. The summed E-state index contributed by atoms with van der Waals surface area (Å²) in [7, 11) is 0. The Labute approximate surface area is 162 Å². The first kappa shape index (κ1) is 18.5. The van der Waals surface area contributed by atoms with Gasteiger partial charge in [0.1, 0.15) is 6.04 Å². The van der Waals surface area contributed by atoms with Crippen molar-refractivity contribution in [3.63, 3.8) is 0 Å². The maximum Gasteiger partial charge on any atom is 0.235 e. The highest BCUT2D eigenvalue weighted by Gasteiger charge is 2.45. The van der Waals surface area contributed by atoms with Crippen LogP contribution in [0.5, 0.6) is 0 Å². The van der Waals surface area contributed by atoms with Crippen LogP contribution >= 0.6 is 11.3 Å². The number of rotatable bonds is 3. The van der Waals surface area contributed by atoms with Crippen molar-refractivity contribution in [1.82, 2.24) is 9.88 Å². The molecule has 144 valence electrons. The van der Waals surface area contributed by atoms with E-state index in [-0.39, 0.29) is 29.3 Å². The number of carbonyl (C=O) groups is 2. The van der Waals surface area contributed by atoms with Gasteiger partial charge >= 0.3 is 0 Å². The third-order valence-electron chi connectivity index (χ3n) is 4.82. The molecule has 1 aromatic carbocycles. The van der Waals surface area contributed by atoms with Crippen molar-refractivity contribution in [2.75, 3.05) is 0 Å². The van der Waals surface area contributed by atoms with Crippen LogP contribution in [0.4, 0.5) is 13.2 Å². The fraction of sp³-hybridized carbons (Fsp3) is 0.263. The van der Waals surface area contributed by atoms with E-state index < -0.39 is 35.2 Å². The minimum atomic E-state index is -1.63. The normalized spacial score (nSPS) is 21.8. The van der Waals surface area contributed by atoms with Crippen molar-refractivity contribution in [3.05, 3.63) is 63.0 Å². The molecule has 1 aromatic heterocycles. The number of ketones is 1. The van der Waals surface area contributed by atoms with Crippen molar-refractivity contribution in [2.45, 2.75) is 26.3 Å². The Kier molecular flexibility index (Phi) is 4.41. The zero-order valence-electron chi connectivity index (χ0n) is 14.9. The van der Waals surface area contributed by atoms with Crippen LogP contribution in [0, 0.1) is 23.4 Å². The van der Waals surface area contributed by atoms with Crippen molar-refractivity contribution >= 4 is 28.9 Å². The maximum absolute atomic E-state index is 14.5. The van der Waals surface area contributed by atoms with Crippen LogP contribution in [0.25, 0.3) is 0 Å². The number of amidine groups is 1. The molecule has 4 rings (SSSR count). The molecule has 9 heteroatoms. The molecule has 0 bridgehead atoms. The summed E-state index contributed by atoms with van der Waals surface area (Å²) in [4.78, 5) is 35.1. The summed E-state index contributed by atoms with van der Waals surface area (Å²) in [5, 5.41) is 2.11. The number of benzene rings is 1. The maximum atomic E-state index is 14.5. The summed E-state index contributed by atoms with van der Waals surface area (Å²) >= 11 is 1.23. The Hall–Kier alpha value is -2.81. The number of halogens is 3. The van der Waals surface area contributed by atoms with Gasteiger partial charge in [0.05, 0.1) is 0 Å². The molecule has 0 saturated carbocycles. The Bertz CT molecular complexity index is 1060. The van der Waals surface area contributed by atoms with Gasteiger partial charge in [-0.3, -0.25) is 19.5 Å². The van der Waals surface area contributed by atoms with Crippen molar-refractivity contribution in [2.24, 2.45) is 10.9 Å². The van der Waals surface area contributed by atoms with Crippen LogP contribution in [0.3, 0.4) is 0 Å². The molecule has 28 heavy (non-hydrogen) atoms. The molecule has 1 saturated heterocycles. The van der Waals surface area contributed by atoms with Crippen LogP contribution in [0.15, 0.2) is 40.0 Å². The summed E-state index contributed by atoms with van der Waals surface area (Å²) in [6.45, 7) is 3.00. The number of aliphatic imine (C=N–C) groups is 1. The molecule has 0 spiro atoms. The number of hydrogen-bond acceptors (Lipinski definition) is 5. The lowest BCUT2D eigenvalue weighted by Crippen LogP contribution is -2.38. The lowest BCUT2D eigenvalue weighted by Gasteiger charge is -2.30. The summed E-state index contributed by atoms with van der Waals surface area (Å²) in [6.07, 6.45) is 1.80. The molecule has 2 aliphatic rings. The first-order valence-electron chi connectivity index (χ1n) is 8.50. The average molecular weight is 405 g/mol. The number of amides is 1. The predicted molar refractivity (Wildman–Crippen MR) is 96.0 cm³/mol. The van der Waals surface area contributed by atoms with Crippen LogP contribution in [0.2, 0.25) is 0 Å². The summed E-state index contributed by atoms with van der Waals surface area (Å²) in [5.41, 5.74) is 0.236. The first-order valence-corrected chi connectivity index (χ1v) is 9.38.